The molecule has 1 amide bonds. The molecule has 1 aliphatic rings. The lowest BCUT2D eigenvalue weighted by Crippen LogP contribution is -2.39. The number of ether oxygens (including phenoxy) is 1. The highest BCUT2D eigenvalue weighted by Gasteiger charge is 2.26. The molecule has 1 saturated heterocycles. The smallest absolute Gasteiger partial charge is 0.253 e. The molecular formula is C22H22N4O2. The summed E-state index contributed by atoms with van der Waals surface area (Å²) in [5, 5.41) is 0. The van der Waals surface area contributed by atoms with Crippen molar-refractivity contribution in [2.45, 2.75) is 18.8 Å². The first-order valence-electron chi connectivity index (χ1n) is 9.40. The minimum Gasteiger partial charge on any atom is -0.497 e. The zero-order valence-corrected chi connectivity index (χ0v) is 15.8. The third kappa shape index (κ3) is 3.86. The molecule has 0 unspecified atom stereocenters. The van der Waals surface area contributed by atoms with Gasteiger partial charge in [0.2, 0.25) is 0 Å². The second-order valence-corrected chi connectivity index (χ2v) is 6.89. The van der Waals surface area contributed by atoms with Gasteiger partial charge in [-0.3, -0.25) is 14.8 Å². The van der Waals surface area contributed by atoms with Gasteiger partial charge in [-0.25, -0.2) is 4.98 Å². The van der Waals surface area contributed by atoms with Gasteiger partial charge in [0.05, 0.1) is 24.7 Å². The summed E-state index contributed by atoms with van der Waals surface area (Å²) in [5.74, 6) is 1.01. The van der Waals surface area contributed by atoms with Crippen molar-refractivity contribution in [2.75, 3.05) is 20.2 Å². The zero-order valence-electron chi connectivity index (χ0n) is 15.8. The molecule has 0 aliphatic carbocycles. The fourth-order valence-corrected chi connectivity index (χ4v) is 3.58. The van der Waals surface area contributed by atoms with Gasteiger partial charge in [0.15, 0.2) is 0 Å². The fourth-order valence-electron chi connectivity index (χ4n) is 3.58. The molecule has 0 N–H and O–H groups in total. The van der Waals surface area contributed by atoms with Gasteiger partial charge in [0.25, 0.3) is 5.91 Å². The summed E-state index contributed by atoms with van der Waals surface area (Å²) < 4.78 is 5.31. The van der Waals surface area contributed by atoms with E-state index in [4.69, 9.17) is 9.72 Å². The molecule has 1 aliphatic heterocycles. The minimum atomic E-state index is 0.0454. The number of amides is 1. The fraction of sp³-hybridized carbons (Fsp3) is 0.273. The lowest BCUT2D eigenvalue weighted by atomic mass is 9.94. The lowest BCUT2D eigenvalue weighted by molar-refractivity contribution is 0.0705. The van der Waals surface area contributed by atoms with E-state index in [-0.39, 0.29) is 11.8 Å². The Labute approximate surface area is 164 Å². The Morgan fingerprint density at radius 2 is 2.00 bits per heavy atom. The molecule has 6 nitrogen and oxygen atoms in total. The van der Waals surface area contributed by atoms with Gasteiger partial charge >= 0.3 is 0 Å². The lowest BCUT2D eigenvalue weighted by Gasteiger charge is -2.32. The van der Waals surface area contributed by atoms with E-state index in [1.165, 1.54) is 0 Å². The second-order valence-electron chi connectivity index (χ2n) is 6.89. The average molecular weight is 374 g/mol. The average Bonchev–Trinajstić information content (AvgIpc) is 2.79. The Bertz CT molecular complexity index is 962. The molecule has 6 heteroatoms. The third-order valence-electron chi connectivity index (χ3n) is 5.07. The van der Waals surface area contributed by atoms with Crippen LogP contribution in [0.2, 0.25) is 0 Å². The van der Waals surface area contributed by atoms with Crippen molar-refractivity contribution in [3.63, 3.8) is 0 Å². The Hall–Kier alpha value is -3.28. The number of hydrogen-bond donors (Lipinski definition) is 0. The number of pyridine rings is 1. The molecule has 0 radical (unpaired) electrons. The molecule has 2 aromatic heterocycles. The van der Waals surface area contributed by atoms with Crippen LogP contribution in [-0.2, 0) is 0 Å². The monoisotopic (exact) mass is 374 g/mol. The van der Waals surface area contributed by atoms with Crippen LogP contribution in [0.15, 0.2) is 61.2 Å². The largest absolute Gasteiger partial charge is 0.497 e. The Kier molecular flexibility index (Phi) is 5.28. The molecule has 1 atom stereocenters. The summed E-state index contributed by atoms with van der Waals surface area (Å²) >= 11 is 0. The molecular weight excluding hydrogens is 352 g/mol. The zero-order chi connectivity index (χ0) is 19.3. The van der Waals surface area contributed by atoms with Crippen LogP contribution in [0.4, 0.5) is 0 Å². The Morgan fingerprint density at radius 1 is 1.14 bits per heavy atom. The number of aromatic nitrogens is 3. The minimum absolute atomic E-state index is 0.0454. The molecule has 0 bridgehead atoms. The van der Waals surface area contributed by atoms with Crippen LogP contribution in [0.25, 0.3) is 11.3 Å². The van der Waals surface area contributed by atoms with E-state index in [1.54, 1.807) is 37.8 Å². The summed E-state index contributed by atoms with van der Waals surface area (Å²) in [6.45, 7) is 1.41. The van der Waals surface area contributed by atoms with E-state index in [0.717, 1.165) is 42.1 Å². The van der Waals surface area contributed by atoms with Crippen molar-refractivity contribution in [3.05, 3.63) is 72.4 Å². The summed E-state index contributed by atoms with van der Waals surface area (Å²) in [6, 6.07) is 11.3. The predicted molar refractivity (Wildman–Crippen MR) is 106 cm³/mol. The van der Waals surface area contributed by atoms with E-state index < -0.39 is 0 Å². The van der Waals surface area contributed by atoms with Crippen LogP contribution in [0.5, 0.6) is 5.75 Å². The molecule has 0 saturated carbocycles. The van der Waals surface area contributed by atoms with Crippen molar-refractivity contribution >= 4 is 5.91 Å². The summed E-state index contributed by atoms with van der Waals surface area (Å²) in [4.78, 5) is 27.9. The van der Waals surface area contributed by atoms with E-state index in [1.807, 2.05) is 35.4 Å². The molecule has 1 aromatic carbocycles. The maximum Gasteiger partial charge on any atom is 0.253 e. The second kappa shape index (κ2) is 8.17. The molecule has 28 heavy (non-hydrogen) atoms. The maximum atomic E-state index is 12.8. The standard InChI is InChI=1S/C22H22N4O2/c1-28-19-6-2-4-17(12-19)20-13-24-14-21(25-20)18-5-3-11-26(15-18)22(27)16-7-9-23-10-8-16/h2,4,6-10,12-14,18H,3,5,11,15H2,1H3/t18-/m1/s1. The molecule has 142 valence electrons. The van der Waals surface area contributed by atoms with E-state index in [2.05, 4.69) is 9.97 Å². The van der Waals surface area contributed by atoms with Gasteiger partial charge in [-0.05, 0) is 37.1 Å². The number of benzene rings is 1. The van der Waals surface area contributed by atoms with E-state index >= 15 is 0 Å². The maximum absolute atomic E-state index is 12.8. The van der Waals surface area contributed by atoms with Crippen LogP contribution in [0.3, 0.4) is 0 Å². The SMILES string of the molecule is COc1cccc(-c2cncc([C@@H]3CCCN(C(=O)c4ccncc4)C3)n2)c1. The topological polar surface area (TPSA) is 68.2 Å². The molecule has 1 fully saturated rings. The van der Waals surface area contributed by atoms with Crippen LogP contribution in [0, 0.1) is 0 Å². The van der Waals surface area contributed by atoms with Crippen molar-refractivity contribution in [1.82, 2.24) is 19.9 Å². The highest BCUT2D eigenvalue weighted by Crippen LogP contribution is 2.28. The Morgan fingerprint density at radius 3 is 2.82 bits per heavy atom. The molecule has 4 rings (SSSR count). The normalized spacial score (nSPS) is 16.6. The first-order chi connectivity index (χ1) is 13.7. The van der Waals surface area contributed by atoms with E-state index in [0.29, 0.717) is 12.1 Å². The molecule has 3 aromatic rings. The van der Waals surface area contributed by atoms with Crippen LogP contribution in [0.1, 0.15) is 34.8 Å². The van der Waals surface area contributed by atoms with Gasteiger partial charge in [-0.1, -0.05) is 12.1 Å². The van der Waals surface area contributed by atoms with Gasteiger partial charge in [0, 0.05) is 48.7 Å². The number of hydrogen-bond acceptors (Lipinski definition) is 5. The van der Waals surface area contributed by atoms with Gasteiger partial charge in [0.1, 0.15) is 5.75 Å². The van der Waals surface area contributed by atoms with Gasteiger partial charge < -0.3 is 9.64 Å². The van der Waals surface area contributed by atoms with Crippen molar-refractivity contribution < 1.29 is 9.53 Å². The number of piperidine rings is 1. The van der Waals surface area contributed by atoms with Crippen molar-refractivity contribution in [1.29, 1.82) is 0 Å². The highest BCUT2D eigenvalue weighted by atomic mass is 16.5. The van der Waals surface area contributed by atoms with Crippen LogP contribution >= 0.6 is 0 Å². The number of carbonyl (C=O) groups excluding carboxylic acids is 1. The number of nitrogens with zero attached hydrogens (tertiary/aromatic N) is 4. The van der Waals surface area contributed by atoms with Crippen LogP contribution in [-0.4, -0.2) is 46.0 Å². The number of rotatable bonds is 4. The van der Waals surface area contributed by atoms with Crippen molar-refractivity contribution in [3.8, 4) is 17.0 Å². The number of carbonyl (C=O) groups is 1. The predicted octanol–water partition coefficient (Wildman–Crippen LogP) is 3.57. The van der Waals surface area contributed by atoms with E-state index in [9.17, 15) is 4.79 Å². The van der Waals surface area contributed by atoms with Crippen LogP contribution < -0.4 is 4.74 Å². The van der Waals surface area contributed by atoms with Crippen molar-refractivity contribution in [2.24, 2.45) is 0 Å². The first kappa shape index (κ1) is 18.1. The summed E-state index contributed by atoms with van der Waals surface area (Å²) in [7, 11) is 1.65. The number of methoxy groups -OCH3 is 1. The van der Waals surface area contributed by atoms with Gasteiger partial charge in [-0.2, -0.15) is 0 Å². The Balaban J connectivity index is 1.55. The first-order valence-corrected chi connectivity index (χ1v) is 9.40. The third-order valence-corrected chi connectivity index (χ3v) is 5.07. The van der Waals surface area contributed by atoms with Gasteiger partial charge in [-0.15, -0.1) is 0 Å². The summed E-state index contributed by atoms with van der Waals surface area (Å²) in [5.41, 5.74) is 3.38. The molecule has 0 spiro atoms. The molecule has 3 heterocycles. The summed E-state index contributed by atoms with van der Waals surface area (Å²) in [6.07, 6.45) is 8.83. The number of likely N-dealkylation sites (tertiary alicyclic amines) is 1. The quantitative estimate of drug-likeness (QED) is 0.698. The highest BCUT2D eigenvalue weighted by molar-refractivity contribution is 5.94.